The first-order valence-corrected chi connectivity index (χ1v) is 13.0. The van der Waals surface area contributed by atoms with Crippen LogP contribution in [0, 0.1) is 5.92 Å². The fourth-order valence-electron chi connectivity index (χ4n) is 5.17. The van der Waals surface area contributed by atoms with E-state index < -0.39 is 13.3 Å². The minimum absolute atomic E-state index is 0.0155. The molecule has 1 aromatic carbocycles. The van der Waals surface area contributed by atoms with E-state index in [0.29, 0.717) is 5.75 Å². The summed E-state index contributed by atoms with van der Waals surface area (Å²) in [6, 6.07) is 2.01. The zero-order chi connectivity index (χ0) is 22.8. The second-order valence-corrected chi connectivity index (χ2v) is 12.3. The smallest absolute Gasteiger partial charge is 0.341 e. The van der Waals surface area contributed by atoms with E-state index in [-0.39, 0.29) is 17.1 Å². The number of carbonyl (C=O) groups excluding carboxylic acids is 1. The Hall–Kier alpha value is -1.42. The van der Waals surface area contributed by atoms with Crippen molar-refractivity contribution in [1.82, 2.24) is 0 Å². The van der Waals surface area contributed by atoms with E-state index in [2.05, 4.69) is 20.8 Å². The molecule has 1 saturated carbocycles. The molecule has 0 aromatic heterocycles. The van der Waals surface area contributed by atoms with Gasteiger partial charge in [0.2, 0.25) is 0 Å². The molecule has 1 unspecified atom stereocenters. The van der Waals surface area contributed by atoms with Crippen LogP contribution >= 0.6 is 7.60 Å². The number of rotatable bonds is 7. The van der Waals surface area contributed by atoms with Crippen LogP contribution in [0.2, 0.25) is 0 Å². The molecule has 0 bridgehead atoms. The molecule has 5 nitrogen and oxygen atoms in total. The molecular formula is C25H37O5P. The standard InChI is InChI=1S/C25H37O5P/c1-25(2,3)21-16-18(19-12-8-9-13-20(19)23(21)27)14-15-22(26)24(17-10-6-7-11-17)31(28,29-4)30-5/h14-17,24,27H,6-13H2,1-5H3/b15-14+. The minimum atomic E-state index is -3.53. The number of hydrogen-bond acceptors (Lipinski definition) is 5. The summed E-state index contributed by atoms with van der Waals surface area (Å²) in [5.74, 6) is 0.216. The molecular weight excluding hydrogens is 411 g/mol. The van der Waals surface area contributed by atoms with Gasteiger partial charge in [-0.2, -0.15) is 0 Å². The summed E-state index contributed by atoms with van der Waals surface area (Å²) >= 11 is 0. The Kier molecular flexibility index (Phi) is 7.50. The van der Waals surface area contributed by atoms with Gasteiger partial charge in [-0.05, 0) is 78.7 Å². The quantitative estimate of drug-likeness (QED) is 0.397. The van der Waals surface area contributed by atoms with Crippen LogP contribution in [0.25, 0.3) is 6.08 Å². The van der Waals surface area contributed by atoms with Crippen molar-refractivity contribution in [3.63, 3.8) is 0 Å². The van der Waals surface area contributed by atoms with Crippen LogP contribution in [0.5, 0.6) is 5.75 Å². The Labute approximate surface area is 186 Å². The van der Waals surface area contributed by atoms with Gasteiger partial charge in [0, 0.05) is 19.8 Å². The molecule has 2 aliphatic carbocycles. The Bertz CT molecular complexity index is 882. The van der Waals surface area contributed by atoms with E-state index in [4.69, 9.17) is 9.05 Å². The largest absolute Gasteiger partial charge is 0.507 e. The molecule has 0 radical (unpaired) electrons. The van der Waals surface area contributed by atoms with Crippen molar-refractivity contribution in [2.75, 3.05) is 14.2 Å². The molecule has 3 rings (SSSR count). The van der Waals surface area contributed by atoms with Crippen LogP contribution in [0.3, 0.4) is 0 Å². The summed E-state index contributed by atoms with van der Waals surface area (Å²) in [6.07, 6.45) is 11.1. The zero-order valence-corrected chi connectivity index (χ0v) is 20.5. The highest BCUT2D eigenvalue weighted by Crippen LogP contribution is 2.57. The van der Waals surface area contributed by atoms with Gasteiger partial charge in [0.25, 0.3) is 0 Å². The molecule has 2 aliphatic rings. The number of aromatic hydroxyl groups is 1. The maximum absolute atomic E-state index is 13.3. The Morgan fingerprint density at radius 2 is 1.68 bits per heavy atom. The summed E-state index contributed by atoms with van der Waals surface area (Å²) in [7, 11) is -0.813. The van der Waals surface area contributed by atoms with Gasteiger partial charge in [0.05, 0.1) is 0 Å². The monoisotopic (exact) mass is 448 g/mol. The molecule has 0 heterocycles. The number of benzene rings is 1. The fraction of sp³-hybridized carbons (Fsp3) is 0.640. The Balaban J connectivity index is 2.01. The molecule has 1 N–H and O–H groups in total. The summed E-state index contributed by atoms with van der Waals surface area (Å²) in [4.78, 5) is 13.3. The molecule has 0 amide bonds. The van der Waals surface area contributed by atoms with E-state index in [1.807, 2.05) is 12.1 Å². The summed E-state index contributed by atoms with van der Waals surface area (Å²) in [6.45, 7) is 6.25. The Morgan fingerprint density at radius 3 is 2.23 bits per heavy atom. The predicted octanol–water partition coefficient (Wildman–Crippen LogP) is 6.20. The van der Waals surface area contributed by atoms with Crippen LogP contribution in [-0.2, 0) is 36.7 Å². The van der Waals surface area contributed by atoms with Crippen molar-refractivity contribution in [1.29, 1.82) is 0 Å². The van der Waals surface area contributed by atoms with Crippen molar-refractivity contribution < 1.29 is 23.5 Å². The molecule has 1 fully saturated rings. The van der Waals surface area contributed by atoms with Crippen molar-refractivity contribution in [3.8, 4) is 5.75 Å². The lowest BCUT2D eigenvalue weighted by atomic mass is 9.78. The van der Waals surface area contributed by atoms with Gasteiger partial charge in [-0.1, -0.05) is 39.7 Å². The molecule has 0 saturated heterocycles. The van der Waals surface area contributed by atoms with Crippen molar-refractivity contribution in [2.45, 2.75) is 83.2 Å². The number of fused-ring (bicyclic) bond motifs is 1. The van der Waals surface area contributed by atoms with Crippen LogP contribution in [0.15, 0.2) is 12.1 Å². The summed E-state index contributed by atoms with van der Waals surface area (Å²) in [5.41, 5.74) is 3.03. The van der Waals surface area contributed by atoms with Crippen molar-refractivity contribution in [2.24, 2.45) is 5.92 Å². The third-order valence-corrected chi connectivity index (χ3v) is 9.26. The number of carbonyl (C=O) groups is 1. The number of phenols is 1. The third-order valence-electron chi connectivity index (χ3n) is 6.88. The van der Waals surface area contributed by atoms with Crippen molar-refractivity contribution in [3.05, 3.63) is 34.4 Å². The van der Waals surface area contributed by atoms with E-state index in [0.717, 1.165) is 73.6 Å². The van der Waals surface area contributed by atoms with Gasteiger partial charge in [0.15, 0.2) is 5.78 Å². The first-order chi connectivity index (χ1) is 14.6. The van der Waals surface area contributed by atoms with E-state index in [1.165, 1.54) is 14.2 Å². The van der Waals surface area contributed by atoms with Crippen LogP contribution < -0.4 is 0 Å². The maximum atomic E-state index is 13.3. The molecule has 31 heavy (non-hydrogen) atoms. The molecule has 1 aromatic rings. The normalized spacial score (nSPS) is 19.0. The highest BCUT2D eigenvalue weighted by atomic mass is 31.2. The van der Waals surface area contributed by atoms with Gasteiger partial charge in [0.1, 0.15) is 11.4 Å². The highest BCUT2D eigenvalue weighted by molar-refractivity contribution is 7.55. The molecule has 0 spiro atoms. The van der Waals surface area contributed by atoms with Crippen LogP contribution in [0.1, 0.15) is 81.5 Å². The topological polar surface area (TPSA) is 72.8 Å². The number of phenolic OH excluding ortho intramolecular Hbond substituents is 1. The zero-order valence-electron chi connectivity index (χ0n) is 19.6. The lowest BCUT2D eigenvalue weighted by molar-refractivity contribution is -0.115. The number of hydrogen-bond donors (Lipinski definition) is 1. The van der Waals surface area contributed by atoms with Gasteiger partial charge in [-0.25, -0.2) is 0 Å². The molecule has 1 atom stereocenters. The predicted molar refractivity (Wildman–Crippen MR) is 125 cm³/mol. The van der Waals surface area contributed by atoms with Crippen LogP contribution in [-0.4, -0.2) is 30.8 Å². The van der Waals surface area contributed by atoms with Gasteiger partial charge < -0.3 is 14.2 Å². The van der Waals surface area contributed by atoms with E-state index >= 15 is 0 Å². The Morgan fingerprint density at radius 1 is 1.10 bits per heavy atom. The fourth-order valence-corrected chi connectivity index (χ4v) is 6.99. The third kappa shape index (κ3) is 4.99. The number of ketones is 1. The van der Waals surface area contributed by atoms with E-state index in [9.17, 15) is 14.5 Å². The van der Waals surface area contributed by atoms with Gasteiger partial charge in [-0.3, -0.25) is 9.36 Å². The minimum Gasteiger partial charge on any atom is -0.507 e. The van der Waals surface area contributed by atoms with Gasteiger partial charge >= 0.3 is 7.60 Å². The average Bonchev–Trinajstić information content (AvgIpc) is 3.26. The molecule has 0 aliphatic heterocycles. The maximum Gasteiger partial charge on any atom is 0.341 e. The summed E-state index contributed by atoms with van der Waals surface area (Å²) in [5, 5.41) is 10.9. The van der Waals surface area contributed by atoms with Crippen LogP contribution in [0.4, 0.5) is 0 Å². The SMILES string of the molecule is COP(=O)(OC)C(C(=O)/C=C/c1cc(C(C)(C)C)c(O)c2c1CCCC2)C1CCCC1. The lowest BCUT2D eigenvalue weighted by Crippen LogP contribution is -2.28. The highest BCUT2D eigenvalue weighted by Gasteiger charge is 2.45. The van der Waals surface area contributed by atoms with Gasteiger partial charge in [-0.15, -0.1) is 0 Å². The molecule has 172 valence electrons. The lowest BCUT2D eigenvalue weighted by Gasteiger charge is -2.28. The first-order valence-electron chi connectivity index (χ1n) is 11.4. The second-order valence-electron chi connectivity index (χ2n) is 9.91. The molecule has 6 heteroatoms. The van der Waals surface area contributed by atoms with E-state index in [1.54, 1.807) is 6.08 Å². The van der Waals surface area contributed by atoms with Crippen molar-refractivity contribution >= 4 is 19.5 Å². The first kappa shape index (κ1) is 24.2. The second kappa shape index (κ2) is 9.60. The summed E-state index contributed by atoms with van der Waals surface area (Å²) < 4.78 is 23.7. The average molecular weight is 449 g/mol. The number of allylic oxidation sites excluding steroid dienone is 1.